The van der Waals surface area contributed by atoms with Gasteiger partial charge in [-0.15, -0.1) is 0 Å². The largest absolute Gasteiger partial charge is 0.478 e. The lowest BCUT2D eigenvalue weighted by atomic mass is 10.1. The predicted octanol–water partition coefficient (Wildman–Crippen LogP) is 8.42. The number of rotatable bonds is 5. The van der Waals surface area contributed by atoms with Crippen molar-refractivity contribution >= 4 is 11.9 Å². The summed E-state index contributed by atoms with van der Waals surface area (Å²) in [6, 6.07) is 10.1. The number of hydrogen-bond acceptors (Lipinski definition) is 5. The minimum absolute atomic E-state index is 0. The molecule has 2 aromatic heterocycles. The number of alkyl halides is 6. The van der Waals surface area contributed by atoms with Gasteiger partial charge in [0.05, 0.1) is 11.1 Å². The molecule has 2 heterocycles. The zero-order valence-electron chi connectivity index (χ0n) is 24.2. The highest BCUT2D eigenvalue weighted by atomic mass is 19.4. The lowest BCUT2D eigenvalue weighted by molar-refractivity contribution is -0.139. The third kappa shape index (κ3) is 12.5. The summed E-state index contributed by atoms with van der Waals surface area (Å²) in [6.07, 6.45) is -8.61. The zero-order valence-corrected chi connectivity index (χ0v) is 24.2. The third-order valence-corrected chi connectivity index (χ3v) is 6.02. The van der Waals surface area contributed by atoms with Crippen LogP contribution in [0.1, 0.15) is 68.9 Å². The summed E-state index contributed by atoms with van der Waals surface area (Å²) in [4.78, 5) is 28.1. The SMILES string of the molecule is C.C.Cc1ccc(CN)cc1F.Cc1ccc(CNC(=O)c2c(C(F)(F)F)ccnc2F)cc1F.O=C(O)c1c(C(F)(F)F)ccnc1F. The molecule has 2 aromatic carbocycles. The molecule has 1 amide bonds. The molecule has 0 radical (unpaired) electrons. The summed E-state index contributed by atoms with van der Waals surface area (Å²) in [5, 5.41) is 10.5. The Labute approximate surface area is 274 Å². The number of nitrogens with two attached hydrogens (primary N) is 1. The molecule has 0 aliphatic carbocycles. The van der Waals surface area contributed by atoms with Crippen molar-refractivity contribution in [3.8, 4) is 0 Å². The number of aromatic carboxylic acids is 1. The average molecular weight is 711 g/mol. The Morgan fingerprint density at radius 3 is 1.51 bits per heavy atom. The van der Waals surface area contributed by atoms with E-state index in [4.69, 9.17) is 10.8 Å². The van der Waals surface area contributed by atoms with Gasteiger partial charge in [-0.25, -0.2) is 23.5 Å². The van der Waals surface area contributed by atoms with E-state index in [1.165, 1.54) is 25.1 Å². The standard InChI is InChI=1S/C15H11F5N2O.C8H10FN.C7H3F4NO2.2CH4/c1-8-2-3-9(6-11(8)16)7-22-14(23)12-10(15(18,19)20)4-5-21-13(12)17;1-6-2-3-7(5-10)4-8(6)9;8-5-4(6(13)14)3(1-2-12-5)7(9,10)11;;/h2-6H,7H2,1H3,(H,22,23);2-4H,5,10H2,1H3;1-2H,(H,13,14);2*1H4. The Morgan fingerprint density at radius 2 is 1.12 bits per heavy atom. The smallest absolute Gasteiger partial charge is 0.417 e. The first-order chi connectivity index (χ1) is 21.8. The van der Waals surface area contributed by atoms with Gasteiger partial charge in [-0.1, -0.05) is 39.1 Å². The highest BCUT2D eigenvalue weighted by Gasteiger charge is 2.38. The molecule has 17 heteroatoms. The van der Waals surface area contributed by atoms with Crippen LogP contribution in [0.15, 0.2) is 60.9 Å². The number of carbonyl (C=O) groups excluding carboxylic acids is 1. The fourth-order valence-corrected chi connectivity index (χ4v) is 3.54. The number of nitrogens with one attached hydrogen (secondary N) is 1. The summed E-state index contributed by atoms with van der Waals surface area (Å²) >= 11 is 0. The highest BCUT2D eigenvalue weighted by molar-refractivity contribution is 5.95. The Hall–Kier alpha value is -5.06. The first kappa shape index (κ1) is 43.9. The van der Waals surface area contributed by atoms with Crippen molar-refractivity contribution < 1.29 is 58.6 Å². The number of carbonyl (C=O) groups is 2. The van der Waals surface area contributed by atoms with Crippen molar-refractivity contribution in [3.63, 3.8) is 0 Å². The zero-order chi connectivity index (χ0) is 35.7. The van der Waals surface area contributed by atoms with Crippen molar-refractivity contribution in [2.24, 2.45) is 5.73 Å². The summed E-state index contributed by atoms with van der Waals surface area (Å²) in [5.74, 6) is -7.13. The lowest BCUT2D eigenvalue weighted by Gasteiger charge is -2.13. The van der Waals surface area contributed by atoms with Crippen LogP contribution < -0.4 is 11.1 Å². The Bertz CT molecular complexity index is 1730. The topological polar surface area (TPSA) is 118 Å². The molecule has 4 aromatic rings. The number of amides is 1. The molecule has 0 bridgehead atoms. The van der Waals surface area contributed by atoms with Crippen LogP contribution in [0.5, 0.6) is 0 Å². The number of benzene rings is 2. The van der Waals surface area contributed by atoms with E-state index in [0.29, 0.717) is 47.8 Å². The van der Waals surface area contributed by atoms with Crippen LogP contribution in [0.2, 0.25) is 0 Å². The number of pyridine rings is 2. The molecular weight excluding hydrogens is 678 g/mol. The van der Waals surface area contributed by atoms with E-state index < -0.39 is 64.2 Å². The molecule has 4 N–H and O–H groups in total. The number of aromatic nitrogens is 2. The minimum atomic E-state index is -4.91. The maximum Gasteiger partial charge on any atom is 0.417 e. The second-order valence-electron chi connectivity index (χ2n) is 9.40. The van der Waals surface area contributed by atoms with Crippen molar-refractivity contribution in [2.75, 3.05) is 0 Å². The third-order valence-electron chi connectivity index (χ3n) is 6.02. The van der Waals surface area contributed by atoms with Gasteiger partial charge in [-0.05, 0) is 60.4 Å². The fourth-order valence-electron chi connectivity index (χ4n) is 3.54. The van der Waals surface area contributed by atoms with Gasteiger partial charge in [0.15, 0.2) is 0 Å². The predicted molar refractivity (Wildman–Crippen MR) is 160 cm³/mol. The molecular formula is C32H32F10N4O3. The van der Waals surface area contributed by atoms with Gasteiger partial charge in [0, 0.05) is 25.5 Å². The van der Waals surface area contributed by atoms with E-state index in [2.05, 4.69) is 15.3 Å². The number of nitrogens with zero attached hydrogens (tertiary/aromatic N) is 2. The van der Waals surface area contributed by atoms with Crippen molar-refractivity contribution in [3.05, 3.63) is 129 Å². The molecule has 7 nitrogen and oxygen atoms in total. The highest BCUT2D eigenvalue weighted by Crippen LogP contribution is 2.33. The summed E-state index contributed by atoms with van der Waals surface area (Å²) in [7, 11) is 0. The van der Waals surface area contributed by atoms with Crippen LogP contribution in [-0.2, 0) is 25.4 Å². The van der Waals surface area contributed by atoms with Gasteiger partial charge in [-0.3, -0.25) is 4.79 Å². The van der Waals surface area contributed by atoms with Crippen molar-refractivity contribution in [1.29, 1.82) is 0 Å². The number of carboxylic acids is 1. The van der Waals surface area contributed by atoms with E-state index in [1.807, 2.05) is 6.07 Å². The molecule has 0 aliphatic rings. The molecule has 268 valence electrons. The maximum absolute atomic E-state index is 13.5. The van der Waals surface area contributed by atoms with E-state index in [0.717, 1.165) is 11.6 Å². The van der Waals surface area contributed by atoms with E-state index in [-0.39, 0.29) is 27.2 Å². The minimum Gasteiger partial charge on any atom is -0.478 e. The van der Waals surface area contributed by atoms with E-state index in [1.54, 1.807) is 13.0 Å². The fraction of sp³-hybridized carbons (Fsp3) is 0.250. The molecule has 4 rings (SSSR count). The second kappa shape index (κ2) is 18.5. The van der Waals surface area contributed by atoms with Crippen LogP contribution in [-0.4, -0.2) is 27.0 Å². The van der Waals surface area contributed by atoms with Gasteiger partial charge < -0.3 is 16.2 Å². The van der Waals surface area contributed by atoms with Gasteiger partial charge in [0.2, 0.25) is 11.9 Å². The number of carboxylic acid groups (broad SMARTS) is 1. The van der Waals surface area contributed by atoms with Gasteiger partial charge in [-0.2, -0.15) is 35.1 Å². The monoisotopic (exact) mass is 710 g/mol. The first-order valence-electron chi connectivity index (χ1n) is 12.9. The quantitative estimate of drug-likeness (QED) is 0.141. The second-order valence-corrected chi connectivity index (χ2v) is 9.40. The van der Waals surface area contributed by atoms with Gasteiger partial charge in [0.25, 0.3) is 5.91 Å². The molecule has 0 spiro atoms. The number of halogens is 10. The summed E-state index contributed by atoms with van der Waals surface area (Å²) in [5.41, 5.74) is 1.91. The maximum atomic E-state index is 13.5. The van der Waals surface area contributed by atoms with Crippen LogP contribution in [0.25, 0.3) is 0 Å². The molecule has 0 atom stereocenters. The van der Waals surface area contributed by atoms with Crippen LogP contribution in [0.4, 0.5) is 43.9 Å². The molecule has 0 aliphatic heterocycles. The van der Waals surface area contributed by atoms with Crippen LogP contribution in [0.3, 0.4) is 0 Å². The number of aryl methyl sites for hydroxylation is 2. The summed E-state index contributed by atoms with van der Waals surface area (Å²) in [6.45, 7) is 3.42. The number of hydrogen-bond donors (Lipinski definition) is 3. The Morgan fingerprint density at radius 1 is 0.714 bits per heavy atom. The normalized spacial score (nSPS) is 10.6. The van der Waals surface area contributed by atoms with Gasteiger partial charge >= 0.3 is 18.3 Å². The molecule has 0 saturated carbocycles. The Balaban J connectivity index is 0.000000758. The van der Waals surface area contributed by atoms with Crippen LogP contribution >= 0.6 is 0 Å². The van der Waals surface area contributed by atoms with Gasteiger partial charge in [0.1, 0.15) is 22.8 Å². The van der Waals surface area contributed by atoms with Crippen molar-refractivity contribution in [1.82, 2.24) is 15.3 Å². The molecule has 0 saturated heterocycles. The first-order valence-corrected chi connectivity index (χ1v) is 12.9. The summed E-state index contributed by atoms with van der Waals surface area (Å²) < 4.78 is 127. The van der Waals surface area contributed by atoms with E-state index in [9.17, 15) is 53.5 Å². The van der Waals surface area contributed by atoms with Crippen molar-refractivity contribution in [2.45, 2.75) is 54.1 Å². The van der Waals surface area contributed by atoms with Crippen LogP contribution in [0, 0.1) is 37.4 Å². The Kier molecular flexibility index (Phi) is 16.6. The molecule has 0 fully saturated rings. The van der Waals surface area contributed by atoms with E-state index >= 15 is 0 Å². The average Bonchev–Trinajstić information content (AvgIpc) is 2.98. The molecule has 49 heavy (non-hydrogen) atoms. The molecule has 0 unspecified atom stereocenters. The lowest BCUT2D eigenvalue weighted by Crippen LogP contribution is -2.27.